The van der Waals surface area contributed by atoms with Crippen LogP contribution in [0.2, 0.25) is 5.04 Å². The Bertz CT molecular complexity index is 1240. The van der Waals surface area contributed by atoms with Gasteiger partial charge < -0.3 is 13.7 Å². The lowest BCUT2D eigenvalue weighted by Gasteiger charge is -2.48. The minimum Gasteiger partial charge on any atom is -0.591 e. The quantitative estimate of drug-likeness (QED) is 0.0477. The zero-order valence-corrected chi connectivity index (χ0v) is 28.6. The second kappa shape index (κ2) is 14.3. The standard InChI is InChI=1S/C32H47N5O4SSi/c1-9-28(41-43(31(5,6)7,25-18-12-10-13-19-25)26-20-14-11-15-21-26)32(8)27(24-35-42(39)30(2,3)4)37(29(38)40-32)23-17-16-22-34-36-33/h10-15,18-21,24,27-28H,9,16-17,22-23H2,1-8H3/t27-,28-,32+,42?/m1/s1. The highest BCUT2D eigenvalue weighted by atomic mass is 32.2. The first kappa shape index (κ1) is 34.7. The predicted octanol–water partition coefficient (Wildman–Crippen LogP) is 6.54. The molecular weight excluding hydrogens is 579 g/mol. The fourth-order valence-electron chi connectivity index (χ4n) is 5.74. The van der Waals surface area contributed by atoms with E-state index in [2.05, 4.69) is 59.5 Å². The molecule has 4 atom stereocenters. The molecule has 1 aliphatic rings. The second-order valence-electron chi connectivity index (χ2n) is 13.1. The van der Waals surface area contributed by atoms with Crippen LogP contribution in [-0.4, -0.2) is 65.7 Å². The van der Waals surface area contributed by atoms with Gasteiger partial charge in [0.25, 0.3) is 8.32 Å². The van der Waals surface area contributed by atoms with Gasteiger partial charge in [0.15, 0.2) is 5.60 Å². The van der Waals surface area contributed by atoms with E-state index in [1.807, 2.05) is 71.0 Å². The number of nitrogens with zero attached hydrogens (tertiary/aromatic N) is 5. The number of hydrogen-bond acceptors (Lipinski definition) is 6. The van der Waals surface area contributed by atoms with Crippen LogP contribution in [0.3, 0.4) is 0 Å². The van der Waals surface area contributed by atoms with Gasteiger partial charge in [-0.1, -0.05) is 97.9 Å². The van der Waals surface area contributed by atoms with Gasteiger partial charge in [-0.2, -0.15) is 0 Å². The van der Waals surface area contributed by atoms with Gasteiger partial charge in [-0.3, -0.25) is 4.90 Å². The first-order valence-electron chi connectivity index (χ1n) is 15.0. The van der Waals surface area contributed by atoms with Gasteiger partial charge in [0.1, 0.15) is 22.2 Å². The van der Waals surface area contributed by atoms with Crippen molar-refractivity contribution in [1.82, 2.24) is 4.90 Å². The lowest BCUT2D eigenvalue weighted by Crippen LogP contribution is -2.70. The molecule has 9 nitrogen and oxygen atoms in total. The van der Waals surface area contributed by atoms with Crippen LogP contribution in [0.4, 0.5) is 4.79 Å². The topological polar surface area (TPSA) is 123 Å². The van der Waals surface area contributed by atoms with Crippen LogP contribution < -0.4 is 10.4 Å². The molecule has 43 heavy (non-hydrogen) atoms. The van der Waals surface area contributed by atoms with E-state index in [1.54, 1.807) is 11.1 Å². The fraction of sp³-hybridized carbons (Fsp3) is 0.562. The summed E-state index contributed by atoms with van der Waals surface area (Å²) < 4.78 is 30.7. The molecule has 1 aliphatic heterocycles. The maximum absolute atomic E-state index is 13.5. The number of hydrogen-bond donors (Lipinski definition) is 0. The van der Waals surface area contributed by atoms with Crippen molar-refractivity contribution in [3.63, 3.8) is 0 Å². The number of ether oxygens (including phenoxy) is 1. The summed E-state index contributed by atoms with van der Waals surface area (Å²) in [6, 6.07) is 20.1. The van der Waals surface area contributed by atoms with Crippen LogP contribution in [0.5, 0.6) is 0 Å². The maximum Gasteiger partial charge on any atom is 0.411 e. The van der Waals surface area contributed by atoms with Gasteiger partial charge in [-0.15, -0.1) is 0 Å². The number of unbranched alkanes of at least 4 members (excludes halogenated alkanes) is 1. The summed E-state index contributed by atoms with van der Waals surface area (Å²) in [6.45, 7) is 16.9. The molecule has 0 N–H and O–H groups in total. The molecule has 0 spiro atoms. The lowest BCUT2D eigenvalue weighted by molar-refractivity contribution is -0.0405. The molecule has 0 aliphatic carbocycles. The molecule has 1 unspecified atom stereocenters. The van der Waals surface area contributed by atoms with Crippen LogP contribution in [0.15, 0.2) is 70.2 Å². The maximum atomic E-state index is 13.5. The van der Waals surface area contributed by atoms with Crippen molar-refractivity contribution in [2.24, 2.45) is 9.51 Å². The highest BCUT2D eigenvalue weighted by molar-refractivity contribution is 7.91. The minimum atomic E-state index is -3.00. The number of azide groups is 1. The molecule has 1 heterocycles. The van der Waals surface area contributed by atoms with Crippen LogP contribution in [-0.2, 0) is 20.5 Å². The zero-order chi connectivity index (χ0) is 31.9. The zero-order valence-electron chi connectivity index (χ0n) is 26.8. The second-order valence-corrected chi connectivity index (χ2v) is 19.3. The summed E-state index contributed by atoms with van der Waals surface area (Å²) in [5.74, 6) is 0. The van der Waals surface area contributed by atoms with Gasteiger partial charge >= 0.3 is 6.09 Å². The molecule has 0 bridgehead atoms. The summed E-state index contributed by atoms with van der Waals surface area (Å²) in [5, 5.41) is 5.60. The molecule has 234 valence electrons. The highest BCUT2D eigenvalue weighted by Crippen LogP contribution is 2.42. The minimum absolute atomic E-state index is 0.277. The van der Waals surface area contributed by atoms with Gasteiger partial charge in [-0.25, -0.2) is 4.79 Å². The average molecular weight is 626 g/mol. The molecule has 0 radical (unpaired) electrons. The van der Waals surface area contributed by atoms with Crippen LogP contribution in [0.1, 0.15) is 74.7 Å². The molecule has 1 amide bonds. The van der Waals surface area contributed by atoms with Crippen molar-refractivity contribution in [3.05, 3.63) is 71.1 Å². The number of carbonyl (C=O) groups is 1. The third-order valence-electron chi connectivity index (χ3n) is 8.00. The molecule has 0 saturated carbocycles. The van der Waals surface area contributed by atoms with Crippen LogP contribution >= 0.6 is 0 Å². The third kappa shape index (κ3) is 7.64. The van der Waals surface area contributed by atoms with E-state index in [1.165, 1.54) is 0 Å². The van der Waals surface area contributed by atoms with Crippen LogP contribution in [0.25, 0.3) is 10.4 Å². The first-order valence-corrected chi connectivity index (χ1v) is 18.0. The lowest BCUT2D eigenvalue weighted by atomic mass is 9.89. The van der Waals surface area contributed by atoms with Gasteiger partial charge in [0.05, 0.1) is 12.3 Å². The Balaban J connectivity index is 2.14. The van der Waals surface area contributed by atoms with Gasteiger partial charge in [0, 0.05) is 18.0 Å². The smallest absolute Gasteiger partial charge is 0.411 e. The van der Waals surface area contributed by atoms with E-state index in [-0.39, 0.29) is 5.04 Å². The van der Waals surface area contributed by atoms with E-state index in [0.29, 0.717) is 32.4 Å². The molecule has 1 fully saturated rings. The highest BCUT2D eigenvalue weighted by Gasteiger charge is 2.59. The fourth-order valence-corrected chi connectivity index (χ4v) is 11.1. The van der Waals surface area contributed by atoms with Crippen molar-refractivity contribution in [3.8, 4) is 0 Å². The SMILES string of the molecule is CC[C@@H](O[Si](c1ccccc1)(c1ccccc1)C(C)(C)C)[C@@]1(C)OC(=O)N(CCCCN=[N+]=[N-])[C@@H]1C=N[S+]([O-])C(C)(C)C. The molecule has 1 saturated heterocycles. The molecule has 2 aromatic carbocycles. The largest absolute Gasteiger partial charge is 0.591 e. The Kier molecular flexibility index (Phi) is 11.5. The summed E-state index contributed by atoms with van der Waals surface area (Å²) in [4.78, 5) is 18.0. The monoisotopic (exact) mass is 625 g/mol. The normalized spacial score (nSPS) is 21.0. The summed E-state index contributed by atoms with van der Waals surface area (Å²) in [7, 11) is -3.00. The van der Waals surface area contributed by atoms with Crippen molar-refractivity contribution >= 4 is 42.4 Å². The Labute approximate surface area is 261 Å². The number of rotatable bonds is 13. The summed E-state index contributed by atoms with van der Waals surface area (Å²) >= 11 is -1.52. The van der Waals surface area contributed by atoms with E-state index < -0.39 is 48.3 Å². The number of benzene rings is 2. The van der Waals surface area contributed by atoms with Gasteiger partial charge in [-0.05, 0) is 67.9 Å². The van der Waals surface area contributed by atoms with Crippen molar-refractivity contribution in [2.75, 3.05) is 13.1 Å². The summed E-state index contributed by atoms with van der Waals surface area (Å²) in [6.07, 6.45) is 2.47. The van der Waals surface area contributed by atoms with Crippen LogP contribution in [0, 0.1) is 0 Å². The van der Waals surface area contributed by atoms with E-state index in [4.69, 9.17) is 14.7 Å². The van der Waals surface area contributed by atoms with E-state index in [0.717, 1.165) is 10.4 Å². The Morgan fingerprint density at radius 2 is 1.65 bits per heavy atom. The Hall–Kier alpha value is -2.82. The molecule has 0 aromatic heterocycles. The molecule has 2 aromatic rings. The Morgan fingerprint density at radius 1 is 1.09 bits per heavy atom. The van der Waals surface area contributed by atoms with E-state index in [9.17, 15) is 9.35 Å². The molecular formula is C32H47N5O4SSi. The number of cyclic esters (lactones) is 1. The van der Waals surface area contributed by atoms with E-state index >= 15 is 0 Å². The van der Waals surface area contributed by atoms with Gasteiger partial charge in [0.2, 0.25) is 0 Å². The summed E-state index contributed by atoms with van der Waals surface area (Å²) in [5.41, 5.74) is 7.52. The van der Waals surface area contributed by atoms with Crippen molar-refractivity contribution < 1.29 is 18.5 Å². The Morgan fingerprint density at radius 3 is 2.12 bits per heavy atom. The van der Waals surface area contributed by atoms with Crippen molar-refractivity contribution in [1.29, 1.82) is 0 Å². The number of carbonyl (C=O) groups excluding carboxylic acids is 1. The first-order chi connectivity index (χ1) is 20.2. The third-order valence-corrected chi connectivity index (χ3v) is 14.4. The molecule has 3 rings (SSSR count). The predicted molar refractivity (Wildman–Crippen MR) is 178 cm³/mol. The number of amides is 1. The molecule has 11 heteroatoms. The average Bonchev–Trinajstić information content (AvgIpc) is 3.20. The van der Waals surface area contributed by atoms with Crippen molar-refractivity contribution in [2.45, 2.75) is 102 Å².